The lowest BCUT2D eigenvalue weighted by Crippen LogP contribution is -2.37. The number of aliphatic hydroxyl groups is 1. The van der Waals surface area contributed by atoms with Crippen molar-refractivity contribution in [3.05, 3.63) is 51.7 Å². The molecule has 122 valence electrons. The van der Waals surface area contributed by atoms with Gasteiger partial charge in [0.05, 0.1) is 5.69 Å². The van der Waals surface area contributed by atoms with Gasteiger partial charge in [-0.1, -0.05) is 0 Å². The fourth-order valence-electron chi connectivity index (χ4n) is 1.86. The number of thiophene rings is 1. The Morgan fingerprint density at radius 3 is 2.61 bits per heavy atom. The van der Waals surface area contributed by atoms with E-state index in [1.165, 1.54) is 11.3 Å². The lowest BCUT2D eigenvalue weighted by Gasteiger charge is -2.11. The van der Waals surface area contributed by atoms with E-state index in [-0.39, 0.29) is 12.2 Å². The molecule has 0 saturated heterocycles. The van der Waals surface area contributed by atoms with Gasteiger partial charge >= 0.3 is 11.8 Å². The van der Waals surface area contributed by atoms with Crippen molar-refractivity contribution in [3.63, 3.8) is 0 Å². The number of halogens is 2. The van der Waals surface area contributed by atoms with Gasteiger partial charge in [0.15, 0.2) is 0 Å². The van der Waals surface area contributed by atoms with Crippen molar-refractivity contribution in [1.29, 1.82) is 0 Å². The zero-order chi connectivity index (χ0) is 17.0. The summed E-state index contributed by atoms with van der Waals surface area (Å²) >= 11 is 1.34. The van der Waals surface area contributed by atoms with Gasteiger partial charge in [0.1, 0.15) is 17.7 Å². The second-order valence-electron chi connectivity index (χ2n) is 4.77. The Morgan fingerprint density at radius 1 is 1.26 bits per heavy atom. The highest BCUT2D eigenvalue weighted by Crippen LogP contribution is 2.23. The van der Waals surface area contributed by atoms with Crippen molar-refractivity contribution < 1.29 is 23.5 Å². The van der Waals surface area contributed by atoms with Crippen LogP contribution in [-0.2, 0) is 9.59 Å². The predicted octanol–water partition coefficient (Wildman–Crippen LogP) is 2.12. The molecule has 2 aromatic rings. The topological polar surface area (TPSA) is 78.4 Å². The molecule has 0 bridgehead atoms. The maximum absolute atomic E-state index is 13.4. The van der Waals surface area contributed by atoms with Crippen LogP contribution in [0.25, 0.3) is 0 Å². The minimum Gasteiger partial charge on any atom is -0.386 e. The van der Waals surface area contributed by atoms with Gasteiger partial charge in [-0.3, -0.25) is 9.59 Å². The average Bonchev–Trinajstić information content (AvgIpc) is 2.93. The minimum absolute atomic E-state index is 0.153. The van der Waals surface area contributed by atoms with Crippen molar-refractivity contribution in [2.45, 2.75) is 13.0 Å². The van der Waals surface area contributed by atoms with Crippen molar-refractivity contribution in [2.75, 3.05) is 11.9 Å². The molecule has 1 aromatic carbocycles. The lowest BCUT2D eigenvalue weighted by molar-refractivity contribution is -0.136. The third kappa shape index (κ3) is 4.33. The van der Waals surface area contributed by atoms with E-state index in [0.717, 1.165) is 17.7 Å². The van der Waals surface area contributed by atoms with Crippen LogP contribution in [0.4, 0.5) is 14.5 Å². The first-order valence-electron chi connectivity index (χ1n) is 6.64. The van der Waals surface area contributed by atoms with E-state index in [2.05, 4.69) is 5.32 Å². The van der Waals surface area contributed by atoms with E-state index < -0.39 is 29.6 Å². The Kier molecular flexibility index (Phi) is 5.41. The third-order valence-corrected chi connectivity index (χ3v) is 4.17. The predicted molar refractivity (Wildman–Crippen MR) is 82.0 cm³/mol. The molecule has 0 fully saturated rings. The third-order valence-electron chi connectivity index (χ3n) is 3.05. The molecule has 23 heavy (non-hydrogen) atoms. The number of carbonyl (C=O) groups is 2. The van der Waals surface area contributed by atoms with Crippen molar-refractivity contribution in [2.24, 2.45) is 0 Å². The highest BCUT2D eigenvalue weighted by atomic mass is 32.1. The van der Waals surface area contributed by atoms with Gasteiger partial charge in [-0.2, -0.15) is 0 Å². The zero-order valence-corrected chi connectivity index (χ0v) is 12.9. The van der Waals surface area contributed by atoms with Crippen LogP contribution in [0.5, 0.6) is 0 Å². The van der Waals surface area contributed by atoms with Crippen molar-refractivity contribution >= 4 is 28.8 Å². The van der Waals surface area contributed by atoms with Crippen LogP contribution in [0.15, 0.2) is 29.6 Å². The van der Waals surface area contributed by atoms with Crippen LogP contribution in [0.3, 0.4) is 0 Å². The number of rotatable bonds is 4. The molecular formula is C15H14F2N2O3S. The first-order valence-corrected chi connectivity index (χ1v) is 7.52. The van der Waals surface area contributed by atoms with Gasteiger partial charge in [0, 0.05) is 17.5 Å². The molecule has 0 spiro atoms. The molecule has 0 aliphatic rings. The molecule has 0 aliphatic heterocycles. The van der Waals surface area contributed by atoms with Crippen LogP contribution < -0.4 is 10.6 Å². The first kappa shape index (κ1) is 17.0. The second-order valence-corrected chi connectivity index (χ2v) is 5.72. The number of hydrogen-bond donors (Lipinski definition) is 3. The number of hydrogen-bond acceptors (Lipinski definition) is 4. The Balaban J connectivity index is 1.90. The highest BCUT2D eigenvalue weighted by Gasteiger charge is 2.18. The van der Waals surface area contributed by atoms with Gasteiger partial charge < -0.3 is 15.7 Å². The van der Waals surface area contributed by atoms with Crippen LogP contribution in [0.1, 0.15) is 16.5 Å². The van der Waals surface area contributed by atoms with E-state index in [4.69, 9.17) is 0 Å². The first-order chi connectivity index (χ1) is 10.9. The number of aryl methyl sites for hydroxylation is 1. The summed E-state index contributed by atoms with van der Waals surface area (Å²) in [6.45, 7) is 1.67. The molecule has 0 saturated carbocycles. The van der Waals surface area contributed by atoms with Crippen LogP contribution in [0, 0.1) is 18.6 Å². The standard InChI is InChI=1S/C15H14F2N2O3S/c1-8-4-5-23-13(8)12(20)7-18-14(21)15(22)19-11-3-2-9(16)6-10(11)17/h2-6,12,20H,7H2,1H3,(H,18,21)(H,19,22). The normalized spacial score (nSPS) is 11.8. The van der Waals surface area contributed by atoms with E-state index >= 15 is 0 Å². The maximum atomic E-state index is 13.4. The SMILES string of the molecule is Cc1ccsc1C(O)CNC(=O)C(=O)Nc1ccc(F)cc1F. The molecule has 0 radical (unpaired) electrons. The Morgan fingerprint density at radius 2 is 2.00 bits per heavy atom. The Labute approximate surface area is 135 Å². The number of aliphatic hydroxyl groups excluding tert-OH is 1. The number of benzene rings is 1. The van der Waals surface area contributed by atoms with Crippen LogP contribution >= 0.6 is 11.3 Å². The van der Waals surface area contributed by atoms with E-state index in [1.54, 1.807) is 5.38 Å². The fourth-order valence-corrected chi connectivity index (χ4v) is 2.77. The molecule has 1 unspecified atom stereocenters. The molecule has 1 atom stereocenters. The molecule has 5 nitrogen and oxygen atoms in total. The second kappa shape index (κ2) is 7.30. The zero-order valence-electron chi connectivity index (χ0n) is 12.1. The molecular weight excluding hydrogens is 326 g/mol. The summed E-state index contributed by atoms with van der Waals surface area (Å²) in [5.74, 6) is -3.91. The fraction of sp³-hybridized carbons (Fsp3) is 0.200. The van der Waals surface area contributed by atoms with E-state index in [1.807, 2.05) is 18.3 Å². The monoisotopic (exact) mass is 340 g/mol. The highest BCUT2D eigenvalue weighted by molar-refractivity contribution is 7.10. The quantitative estimate of drug-likeness (QED) is 0.746. The molecule has 2 amide bonds. The van der Waals surface area contributed by atoms with Crippen molar-refractivity contribution in [3.8, 4) is 0 Å². The van der Waals surface area contributed by atoms with E-state index in [9.17, 15) is 23.5 Å². The van der Waals surface area contributed by atoms with Gasteiger partial charge in [0.2, 0.25) is 0 Å². The Bertz CT molecular complexity index is 733. The minimum atomic E-state index is -1.11. The summed E-state index contributed by atoms with van der Waals surface area (Å²) in [7, 11) is 0. The summed E-state index contributed by atoms with van der Waals surface area (Å²) in [5, 5.41) is 16.0. The summed E-state index contributed by atoms with van der Waals surface area (Å²) < 4.78 is 26.2. The lowest BCUT2D eigenvalue weighted by atomic mass is 10.2. The molecule has 0 aliphatic carbocycles. The van der Waals surface area contributed by atoms with Crippen LogP contribution in [0.2, 0.25) is 0 Å². The molecule has 1 aromatic heterocycles. The summed E-state index contributed by atoms with van der Waals surface area (Å²) in [6.07, 6.45) is -0.936. The van der Waals surface area contributed by atoms with Crippen LogP contribution in [-0.4, -0.2) is 23.5 Å². The average molecular weight is 340 g/mol. The van der Waals surface area contributed by atoms with Gasteiger partial charge in [-0.05, 0) is 36.1 Å². The molecule has 3 N–H and O–H groups in total. The summed E-state index contributed by atoms with van der Waals surface area (Å²) in [6, 6.07) is 4.39. The summed E-state index contributed by atoms with van der Waals surface area (Å²) in [4.78, 5) is 24.0. The number of amides is 2. The molecule has 1 heterocycles. The number of carbonyl (C=O) groups excluding carboxylic acids is 2. The maximum Gasteiger partial charge on any atom is 0.313 e. The van der Waals surface area contributed by atoms with E-state index in [0.29, 0.717) is 10.9 Å². The molecule has 8 heteroatoms. The van der Waals surface area contributed by atoms with Crippen molar-refractivity contribution in [1.82, 2.24) is 5.32 Å². The largest absolute Gasteiger partial charge is 0.386 e. The molecule has 2 rings (SSSR count). The van der Waals surface area contributed by atoms with Gasteiger partial charge in [-0.25, -0.2) is 8.78 Å². The van der Waals surface area contributed by atoms with Gasteiger partial charge in [-0.15, -0.1) is 11.3 Å². The van der Waals surface area contributed by atoms with Gasteiger partial charge in [0.25, 0.3) is 0 Å². The number of anilines is 1. The Hall–Kier alpha value is -2.32. The smallest absolute Gasteiger partial charge is 0.313 e. The number of nitrogens with one attached hydrogen (secondary N) is 2. The summed E-state index contributed by atoms with van der Waals surface area (Å²) in [5.41, 5.74) is 0.579.